The predicted molar refractivity (Wildman–Crippen MR) is 163 cm³/mol. The van der Waals surface area contributed by atoms with E-state index < -0.39 is 16.2 Å². The second kappa shape index (κ2) is 11.9. The van der Waals surface area contributed by atoms with Crippen molar-refractivity contribution in [2.45, 2.75) is 62.7 Å². The molecular formula is C30H34ClFN6O2S. The Labute approximate surface area is 245 Å². The van der Waals surface area contributed by atoms with E-state index in [0.717, 1.165) is 46.9 Å². The van der Waals surface area contributed by atoms with Gasteiger partial charge in [0.15, 0.2) is 0 Å². The molecule has 8 nitrogen and oxygen atoms in total. The maximum absolute atomic E-state index is 14.9. The van der Waals surface area contributed by atoms with Crippen LogP contribution in [0.25, 0.3) is 22.0 Å². The summed E-state index contributed by atoms with van der Waals surface area (Å²) in [6.45, 7) is 3.89. The molecule has 0 bridgehead atoms. The Hall–Kier alpha value is -3.34. The van der Waals surface area contributed by atoms with Gasteiger partial charge in [-0.25, -0.2) is 27.8 Å². The zero-order valence-corrected chi connectivity index (χ0v) is 25.1. The quantitative estimate of drug-likeness (QED) is 0.248. The van der Waals surface area contributed by atoms with Crippen LogP contribution in [0, 0.1) is 6.92 Å². The zero-order chi connectivity index (χ0) is 29.3. The highest BCUT2D eigenvalue weighted by Gasteiger charge is 2.32. The fraction of sp³-hybridized carbons (Fsp3) is 0.367. The molecule has 1 aliphatic carbocycles. The highest BCUT2D eigenvalue weighted by Crippen LogP contribution is 2.32. The van der Waals surface area contributed by atoms with Gasteiger partial charge in [-0.1, -0.05) is 30.7 Å². The largest absolute Gasteiger partial charge is 0.349 e. The molecule has 0 saturated heterocycles. The number of nitrogens with zero attached hydrogens (tertiary/aromatic N) is 4. The van der Waals surface area contributed by atoms with Crippen molar-refractivity contribution in [3.05, 3.63) is 71.0 Å². The molecule has 0 spiro atoms. The van der Waals surface area contributed by atoms with Crippen LogP contribution in [0.1, 0.15) is 37.4 Å². The van der Waals surface area contributed by atoms with Crippen LogP contribution in [0.15, 0.2) is 59.6 Å². The van der Waals surface area contributed by atoms with Crippen LogP contribution in [-0.4, -0.2) is 60.6 Å². The Morgan fingerprint density at radius 2 is 1.88 bits per heavy atom. The molecule has 1 fully saturated rings. The van der Waals surface area contributed by atoms with Crippen LogP contribution < -0.4 is 10.0 Å². The van der Waals surface area contributed by atoms with Gasteiger partial charge in [0.2, 0.25) is 5.95 Å². The van der Waals surface area contributed by atoms with Crippen molar-refractivity contribution in [2.75, 3.05) is 24.1 Å². The first-order valence-corrected chi connectivity index (χ1v) is 15.5. The number of sulfonamides is 1. The number of hydrogen-bond acceptors (Lipinski definition) is 7. The van der Waals surface area contributed by atoms with Gasteiger partial charge in [0.25, 0.3) is 10.0 Å². The van der Waals surface area contributed by atoms with Gasteiger partial charge in [-0.05, 0) is 94.2 Å². The number of rotatable bonds is 8. The van der Waals surface area contributed by atoms with Crippen LogP contribution in [-0.2, 0) is 16.4 Å². The molecule has 2 aromatic heterocycles. The van der Waals surface area contributed by atoms with E-state index in [4.69, 9.17) is 16.6 Å². The van der Waals surface area contributed by atoms with Crippen LogP contribution in [0.4, 0.5) is 16.2 Å². The van der Waals surface area contributed by atoms with Gasteiger partial charge in [-0.3, -0.25) is 4.72 Å². The molecule has 216 valence electrons. The smallest absolute Gasteiger partial charge is 0.264 e. The van der Waals surface area contributed by atoms with Crippen molar-refractivity contribution >= 4 is 44.3 Å². The number of pyridine rings is 1. The van der Waals surface area contributed by atoms with E-state index in [9.17, 15) is 12.8 Å². The fourth-order valence-electron chi connectivity index (χ4n) is 5.38. The van der Waals surface area contributed by atoms with Crippen molar-refractivity contribution in [3.63, 3.8) is 0 Å². The van der Waals surface area contributed by atoms with Crippen molar-refractivity contribution in [2.24, 2.45) is 0 Å². The summed E-state index contributed by atoms with van der Waals surface area (Å²) in [5, 5.41) is 4.24. The minimum Gasteiger partial charge on any atom is -0.349 e. The Morgan fingerprint density at radius 3 is 2.56 bits per heavy atom. The van der Waals surface area contributed by atoms with Crippen molar-refractivity contribution in [1.29, 1.82) is 0 Å². The first-order valence-electron chi connectivity index (χ1n) is 13.7. The molecule has 3 atom stereocenters. The Bertz CT molecular complexity index is 1680. The monoisotopic (exact) mass is 596 g/mol. The number of alkyl halides is 1. The number of nitrogens with one attached hydrogen (secondary N) is 2. The van der Waals surface area contributed by atoms with Crippen LogP contribution in [0.3, 0.4) is 0 Å². The third kappa shape index (κ3) is 6.29. The van der Waals surface area contributed by atoms with Gasteiger partial charge in [0, 0.05) is 28.9 Å². The van der Waals surface area contributed by atoms with Crippen molar-refractivity contribution in [1.82, 2.24) is 19.9 Å². The van der Waals surface area contributed by atoms with Crippen molar-refractivity contribution in [3.8, 4) is 11.1 Å². The van der Waals surface area contributed by atoms with E-state index in [1.807, 2.05) is 33.2 Å². The molecule has 1 saturated carbocycles. The number of halogens is 2. The summed E-state index contributed by atoms with van der Waals surface area (Å²) in [5.74, 6) is 0.636. The zero-order valence-electron chi connectivity index (χ0n) is 23.5. The predicted octanol–water partition coefficient (Wildman–Crippen LogP) is 6.25. The molecule has 0 amide bonds. The van der Waals surface area contributed by atoms with E-state index in [2.05, 4.69) is 37.9 Å². The Kier molecular flexibility index (Phi) is 8.45. The molecular weight excluding hydrogens is 563 g/mol. The molecule has 41 heavy (non-hydrogen) atoms. The number of fused-ring (bicyclic) bond motifs is 1. The van der Waals surface area contributed by atoms with E-state index in [0.29, 0.717) is 18.1 Å². The Balaban J connectivity index is 1.38. The standard InChI is InChI=1S/C30H34ClFN6O2S/c1-5-19-14-20(23-11-13-28(34-18(23)2)37-41(39,40)27-9-7-6-8-24(27)31)15-21-17-33-30(36-29(19)21)35-26-12-10-22(38(3)4)16-25(26)32/h6-9,11,13-15,17,22,25-26H,5,10,12,16H2,1-4H3,(H,34,37)(H,33,35,36)/t22-,25+,26-/m1/s1. The Morgan fingerprint density at radius 1 is 1.10 bits per heavy atom. The summed E-state index contributed by atoms with van der Waals surface area (Å²) in [7, 11) is 0.0923. The second-order valence-corrected chi connectivity index (χ2v) is 12.7. The van der Waals surface area contributed by atoms with Gasteiger partial charge < -0.3 is 10.2 Å². The third-order valence-electron chi connectivity index (χ3n) is 7.69. The van der Waals surface area contributed by atoms with Crippen LogP contribution in [0.2, 0.25) is 5.02 Å². The van der Waals surface area contributed by atoms with Gasteiger partial charge in [-0.15, -0.1) is 0 Å². The molecule has 1 aliphatic rings. The van der Waals surface area contributed by atoms with Crippen LogP contribution in [0.5, 0.6) is 0 Å². The van der Waals surface area contributed by atoms with Crippen LogP contribution >= 0.6 is 11.6 Å². The summed E-state index contributed by atoms with van der Waals surface area (Å²) in [4.78, 5) is 15.9. The van der Waals surface area contributed by atoms with E-state index in [1.165, 1.54) is 12.1 Å². The molecule has 4 aromatic rings. The van der Waals surface area contributed by atoms with Gasteiger partial charge >= 0.3 is 0 Å². The number of hydrogen-bond donors (Lipinski definition) is 2. The lowest BCUT2D eigenvalue weighted by Crippen LogP contribution is -2.43. The first kappa shape index (κ1) is 29.2. The van der Waals surface area contributed by atoms with Gasteiger partial charge in [0.1, 0.15) is 16.9 Å². The molecule has 0 unspecified atom stereocenters. The van der Waals surface area contributed by atoms with Gasteiger partial charge in [0.05, 0.1) is 16.6 Å². The fourth-order valence-corrected chi connectivity index (χ4v) is 6.91. The van der Waals surface area contributed by atoms with Gasteiger partial charge in [-0.2, -0.15) is 0 Å². The summed E-state index contributed by atoms with van der Waals surface area (Å²) in [6, 6.07) is 13.7. The average molecular weight is 597 g/mol. The molecule has 2 aromatic carbocycles. The SMILES string of the molecule is CCc1cc(-c2ccc(NS(=O)(=O)c3ccccc3Cl)nc2C)cc2cnc(N[C@@H]3CC[C@@H](N(C)C)C[C@@H]3F)nc12. The lowest BCUT2D eigenvalue weighted by Gasteiger charge is -2.35. The number of benzene rings is 2. The normalized spacial score (nSPS) is 19.4. The number of anilines is 2. The minimum absolute atomic E-state index is 0.00977. The first-order chi connectivity index (χ1) is 19.6. The summed E-state index contributed by atoms with van der Waals surface area (Å²) in [5.41, 5.74) is 4.30. The third-order valence-corrected chi connectivity index (χ3v) is 9.55. The molecule has 11 heteroatoms. The number of aryl methyl sites for hydroxylation is 2. The van der Waals surface area contributed by atoms with E-state index >= 15 is 0 Å². The summed E-state index contributed by atoms with van der Waals surface area (Å²) >= 11 is 6.10. The molecule has 5 rings (SSSR count). The van der Waals surface area contributed by atoms with E-state index in [1.54, 1.807) is 24.4 Å². The highest BCUT2D eigenvalue weighted by molar-refractivity contribution is 7.92. The molecule has 0 radical (unpaired) electrons. The maximum Gasteiger partial charge on any atom is 0.264 e. The van der Waals surface area contributed by atoms with Crippen molar-refractivity contribution < 1.29 is 12.8 Å². The second-order valence-electron chi connectivity index (χ2n) is 10.7. The molecule has 2 heterocycles. The average Bonchev–Trinajstić information content (AvgIpc) is 2.93. The lowest BCUT2D eigenvalue weighted by molar-refractivity contribution is 0.139. The van der Waals surface area contributed by atoms with E-state index in [-0.39, 0.29) is 27.8 Å². The molecule has 0 aliphatic heterocycles. The molecule has 2 N–H and O–H groups in total. The number of aromatic nitrogens is 3. The topological polar surface area (TPSA) is 100 Å². The lowest BCUT2D eigenvalue weighted by atomic mass is 9.89. The summed E-state index contributed by atoms with van der Waals surface area (Å²) < 4.78 is 43.1. The summed E-state index contributed by atoms with van der Waals surface area (Å²) in [6.07, 6.45) is 3.69. The minimum atomic E-state index is -3.90. The highest BCUT2D eigenvalue weighted by atomic mass is 35.5. The maximum atomic E-state index is 14.9.